The van der Waals surface area contributed by atoms with Crippen LogP contribution in [0.25, 0.3) is 0 Å². The topological polar surface area (TPSA) is 60.9 Å². The zero-order valence-corrected chi connectivity index (χ0v) is 12.8. The van der Waals surface area contributed by atoms with Crippen LogP contribution in [-0.2, 0) is 11.3 Å². The van der Waals surface area contributed by atoms with Crippen molar-refractivity contribution < 1.29 is 14.7 Å². The van der Waals surface area contributed by atoms with Crippen LogP contribution in [0.5, 0.6) is 0 Å². The highest BCUT2D eigenvalue weighted by Gasteiger charge is 2.24. The Morgan fingerprint density at radius 1 is 1.50 bits per heavy atom. The summed E-state index contributed by atoms with van der Waals surface area (Å²) in [5, 5.41) is 10.8. The zero-order valence-electron chi connectivity index (χ0n) is 10.4. The first-order valence-electron chi connectivity index (χ1n) is 5.26. The summed E-state index contributed by atoms with van der Waals surface area (Å²) in [6, 6.07) is 0.791. The first-order chi connectivity index (χ1) is 8.32. The van der Waals surface area contributed by atoms with E-state index in [-0.39, 0.29) is 6.03 Å². The number of likely N-dealkylation sites (N-methyl/N-ethyl adjacent to an activating group) is 1. The third-order valence-corrected chi connectivity index (χ3v) is 4.26. The van der Waals surface area contributed by atoms with Gasteiger partial charge in [0.25, 0.3) is 0 Å². The zero-order chi connectivity index (χ0) is 13.9. The molecule has 0 aromatic carbocycles. The summed E-state index contributed by atoms with van der Waals surface area (Å²) in [5.74, 6) is -1.02. The Labute approximate surface area is 118 Å². The SMILES string of the molecule is CC(C(=O)O)N(C)C(=O)N(C)Cc1cc(Br)cs1. The summed E-state index contributed by atoms with van der Waals surface area (Å²) in [6.07, 6.45) is 0. The summed E-state index contributed by atoms with van der Waals surface area (Å²) in [6.45, 7) is 1.95. The summed E-state index contributed by atoms with van der Waals surface area (Å²) in [7, 11) is 3.14. The summed E-state index contributed by atoms with van der Waals surface area (Å²) >= 11 is 4.90. The van der Waals surface area contributed by atoms with Crippen molar-refractivity contribution in [3.05, 3.63) is 20.8 Å². The molecule has 1 aromatic rings. The number of urea groups is 1. The van der Waals surface area contributed by atoms with Crippen molar-refractivity contribution in [2.45, 2.75) is 19.5 Å². The molecule has 0 spiro atoms. The van der Waals surface area contributed by atoms with Gasteiger partial charge < -0.3 is 14.9 Å². The maximum atomic E-state index is 12.0. The average molecular weight is 335 g/mol. The van der Waals surface area contributed by atoms with Crippen molar-refractivity contribution >= 4 is 39.3 Å². The van der Waals surface area contributed by atoms with Crippen molar-refractivity contribution in [1.29, 1.82) is 0 Å². The molecule has 1 rings (SSSR count). The van der Waals surface area contributed by atoms with Gasteiger partial charge in [0.05, 0.1) is 6.54 Å². The molecule has 0 saturated carbocycles. The van der Waals surface area contributed by atoms with Crippen LogP contribution in [0.3, 0.4) is 0 Å². The van der Waals surface area contributed by atoms with E-state index in [2.05, 4.69) is 15.9 Å². The second-order valence-corrected chi connectivity index (χ2v) is 5.91. The number of hydrogen-bond donors (Lipinski definition) is 1. The number of carbonyl (C=O) groups is 2. The first-order valence-corrected chi connectivity index (χ1v) is 6.93. The lowest BCUT2D eigenvalue weighted by molar-refractivity contribution is -0.141. The predicted octanol–water partition coefficient (Wildman–Crippen LogP) is 2.47. The fourth-order valence-electron chi connectivity index (χ4n) is 1.34. The van der Waals surface area contributed by atoms with E-state index in [0.29, 0.717) is 6.54 Å². The molecule has 0 aliphatic carbocycles. The van der Waals surface area contributed by atoms with Crippen LogP contribution in [0.2, 0.25) is 0 Å². The van der Waals surface area contributed by atoms with E-state index in [1.54, 1.807) is 18.4 Å². The number of carboxylic acid groups (broad SMARTS) is 1. The number of nitrogens with zero attached hydrogens (tertiary/aromatic N) is 2. The van der Waals surface area contributed by atoms with E-state index in [1.165, 1.54) is 23.8 Å². The molecular formula is C11H15BrN2O3S. The molecule has 1 heterocycles. The molecule has 2 amide bonds. The Balaban J connectivity index is 2.63. The minimum atomic E-state index is -1.02. The van der Waals surface area contributed by atoms with Crippen molar-refractivity contribution in [2.75, 3.05) is 14.1 Å². The fraction of sp³-hybridized carbons (Fsp3) is 0.455. The largest absolute Gasteiger partial charge is 0.480 e. The van der Waals surface area contributed by atoms with Gasteiger partial charge in [0, 0.05) is 28.8 Å². The molecule has 0 radical (unpaired) electrons. The molecule has 7 heteroatoms. The van der Waals surface area contributed by atoms with Gasteiger partial charge in [-0.3, -0.25) is 0 Å². The molecule has 0 aliphatic heterocycles. The smallest absolute Gasteiger partial charge is 0.326 e. The number of rotatable bonds is 4. The van der Waals surface area contributed by atoms with Crippen LogP contribution in [0, 0.1) is 0 Å². The lowest BCUT2D eigenvalue weighted by Crippen LogP contribution is -2.46. The molecule has 18 heavy (non-hydrogen) atoms. The van der Waals surface area contributed by atoms with Gasteiger partial charge in [-0.2, -0.15) is 0 Å². The summed E-state index contributed by atoms with van der Waals surface area (Å²) in [4.78, 5) is 26.5. The minimum absolute atomic E-state index is 0.311. The van der Waals surface area contributed by atoms with Gasteiger partial charge in [-0.25, -0.2) is 9.59 Å². The highest BCUT2D eigenvalue weighted by atomic mass is 79.9. The summed E-state index contributed by atoms with van der Waals surface area (Å²) in [5.41, 5.74) is 0. The summed E-state index contributed by atoms with van der Waals surface area (Å²) < 4.78 is 0.982. The van der Waals surface area contributed by atoms with Crippen LogP contribution in [0.4, 0.5) is 4.79 Å². The Morgan fingerprint density at radius 3 is 2.56 bits per heavy atom. The molecule has 0 bridgehead atoms. The Hall–Kier alpha value is -1.08. The third-order valence-electron chi connectivity index (χ3n) is 2.58. The van der Waals surface area contributed by atoms with Gasteiger partial charge in [0.15, 0.2) is 0 Å². The molecule has 0 fully saturated rings. The Bertz CT molecular complexity index is 449. The number of amides is 2. The molecule has 1 N–H and O–H groups in total. The number of carbonyl (C=O) groups excluding carboxylic acids is 1. The van der Waals surface area contributed by atoms with E-state index in [4.69, 9.17) is 5.11 Å². The van der Waals surface area contributed by atoms with Crippen molar-refractivity contribution in [3.8, 4) is 0 Å². The number of aliphatic carboxylic acids is 1. The first kappa shape index (κ1) is 15.0. The fourth-order valence-corrected chi connectivity index (χ4v) is 2.84. The normalized spacial score (nSPS) is 12.0. The molecule has 5 nitrogen and oxygen atoms in total. The molecule has 0 aliphatic rings. The van der Waals surface area contributed by atoms with Crippen molar-refractivity contribution in [3.63, 3.8) is 0 Å². The van der Waals surface area contributed by atoms with E-state index in [9.17, 15) is 9.59 Å². The number of halogens is 1. The van der Waals surface area contributed by atoms with Crippen LogP contribution in [0.1, 0.15) is 11.8 Å². The molecule has 1 aromatic heterocycles. The monoisotopic (exact) mass is 334 g/mol. The maximum absolute atomic E-state index is 12.0. The molecule has 0 saturated heterocycles. The van der Waals surface area contributed by atoms with E-state index in [0.717, 1.165) is 9.35 Å². The number of hydrogen-bond acceptors (Lipinski definition) is 3. The van der Waals surface area contributed by atoms with Crippen molar-refractivity contribution in [2.24, 2.45) is 0 Å². The second kappa shape index (κ2) is 6.19. The quantitative estimate of drug-likeness (QED) is 0.920. The predicted molar refractivity (Wildman–Crippen MR) is 73.7 cm³/mol. The van der Waals surface area contributed by atoms with Crippen LogP contribution >= 0.6 is 27.3 Å². The number of thiophene rings is 1. The highest BCUT2D eigenvalue weighted by Crippen LogP contribution is 2.21. The highest BCUT2D eigenvalue weighted by molar-refractivity contribution is 9.10. The molecule has 1 atom stereocenters. The molecular weight excluding hydrogens is 320 g/mol. The molecule has 100 valence electrons. The van der Waals surface area contributed by atoms with Gasteiger partial charge in [0.2, 0.25) is 0 Å². The van der Waals surface area contributed by atoms with Crippen LogP contribution in [-0.4, -0.2) is 47.0 Å². The Morgan fingerprint density at radius 2 is 2.11 bits per heavy atom. The number of carboxylic acids is 1. The van der Waals surface area contributed by atoms with Gasteiger partial charge >= 0.3 is 12.0 Å². The lowest BCUT2D eigenvalue weighted by atomic mass is 10.3. The standard InChI is InChI=1S/C11H15BrN2O3S/c1-7(10(15)16)14(3)11(17)13(2)5-9-4-8(12)6-18-9/h4,6-7H,5H2,1-3H3,(H,15,16). The van der Waals surface area contributed by atoms with Crippen LogP contribution < -0.4 is 0 Å². The van der Waals surface area contributed by atoms with Gasteiger partial charge in [-0.1, -0.05) is 0 Å². The second-order valence-electron chi connectivity index (χ2n) is 3.99. The third kappa shape index (κ3) is 3.71. The van der Waals surface area contributed by atoms with E-state index in [1.807, 2.05) is 11.4 Å². The van der Waals surface area contributed by atoms with Gasteiger partial charge in [-0.05, 0) is 28.9 Å². The van der Waals surface area contributed by atoms with E-state index < -0.39 is 12.0 Å². The lowest BCUT2D eigenvalue weighted by Gasteiger charge is -2.27. The average Bonchev–Trinajstić information content (AvgIpc) is 2.71. The van der Waals surface area contributed by atoms with Crippen molar-refractivity contribution in [1.82, 2.24) is 9.80 Å². The van der Waals surface area contributed by atoms with Gasteiger partial charge in [0.1, 0.15) is 6.04 Å². The Kier molecular flexibility index (Phi) is 5.15. The van der Waals surface area contributed by atoms with Crippen LogP contribution in [0.15, 0.2) is 15.9 Å². The maximum Gasteiger partial charge on any atom is 0.326 e. The molecule has 1 unspecified atom stereocenters. The minimum Gasteiger partial charge on any atom is -0.480 e. The van der Waals surface area contributed by atoms with E-state index >= 15 is 0 Å². The van der Waals surface area contributed by atoms with Gasteiger partial charge in [-0.15, -0.1) is 11.3 Å².